The number of hydrogen-bond acceptors (Lipinski definition) is 3. The van der Waals surface area contributed by atoms with E-state index in [1.165, 1.54) is 6.07 Å². The predicted octanol–water partition coefficient (Wildman–Crippen LogP) is 1.80. The SMILES string of the molecule is Cc1cc(C(=O)NC2C=CC(C(=O)O)C2)cc(Cl)n1. The van der Waals surface area contributed by atoms with Gasteiger partial charge in [-0.15, -0.1) is 0 Å². The van der Waals surface area contributed by atoms with Gasteiger partial charge in [0.15, 0.2) is 0 Å². The third kappa shape index (κ3) is 3.32. The average molecular weight is 281 g/mol. The molecule has 1 aromatic heterocycles. The normalized spacial score (nSPS) is 21.4. The largest absolute Gasteiger partial charge is 0.481 e. The van der Waals surface area contributed by atoms with E-state index < -0.39 is 11.9 Å². The Hall–Kier alpha value is -1.88. The lowest BCUT2D eigenvalue weighted by atomic mass is 10.1. The highest BCUT2D eigenvalue weighted by Gasteiger charge is 2.25. The zero-order chi connectivity index (χ0) is 14.0. The Morgan fingerprint density at radius 2 is 2.16 bits per heavy atom. The highest BCUT2D eigenvalue weighted by atomic mass is 35.5. The lowest BCUT2D eigenvalue weighted by Gasteiger charge is -2.12. The molecule has 5 nitrogen and oxygen atoms in total. The van der Waals surface area contributed by atoms with Crippen molar-refractivity contribution in [2.24, 2.45) is 5.92 Å². The molecule has 1 aliphatic carbocycles. The Morgan fingerprint density at radius 3 is 2.74 bits per heavy atom. The second-order valence-corrected chi connectivity index (χ2v) is 4.85. The molecular formula is C13H13ClN2O3. The van der Waals surface area contributed by atoms with Crippen LogP contribution in [-0.2, 0) is 4.79 Å². The van der Waals surface area contributed by atoms with Crippen molar-refractivity contribution in [2.45, 2.75) is 19.4 Å². The van der Waals surface area contributed by atoms with Gasteiger partial charge in [-0.2, -0.15) is 0 Å². The van der Waals surface area contributed by atoms with Gasteiger partial charge in [0.1, 0.15) is 5.15 Å². The van der Waals surface area contributed by atoms with Crippen molar-refractivity contribution in [3.8, 4) is 0 Å². The van der Waals surface area contributed by atoms with Crippen molar-refractivity contribution in [3.05, 3.63) is 40.7 Å². The topological polar surface area (TPSA) is 79.3 Å². The van der Waals surface area contributed by atoms with Crippen LogP contribution in [-0.4, -0.2) is 28.0 Å². The summed E-state index contributed by atoms with van der Waals surface area (Å²) in [6.07, 6.45) is 3.67. The highest BCUT2D eigenvalue weighted by Crippen LogP contribution is 2.19. The monoisotopic (exact) mass is 280 g/mol. The van der Waals surface area contributed by atoms with Gasteiger partial charge >= 0.3 is 5.97 Å². The summed E-state index contributed by atoms with van der Waals surface area (Å²) in [4.78, 5) is 26.8. The van der Waals surface area contributed by atoms with Crippen molar-refractivity contribution in [1.29, 1.82) is 0 Å². The first-order chi connectivity index (χ1) is 8.95. The molecule has 2 unspecified atom stereocenters. The van der Waals surface area contributed by atoms with Crippen LogP contribution in [0.1, 0.15) is 22.5 Å². The molecule has 0 saturated carbocycles. The van der Waals surface area contributed by atoms with E-state index in [1.54, 1.807) is 25.1 Å². The Labute approximate surface area is 115 Å². The summed E-state index contributed by atoms with van der Waals surface area (Å²) in [5.41, 5.74) is 1.08. The molecule has 0 spiro atoms. The zero-order valence-corrected chi connectivity index (χ0v) is 11.0. The Bertz CT molecular complexity index is 537. The summed E-state index contributed by atoms with van der Waals surface area (Å²) in [5.74, 6) is -1.70. The number of halogens is 1. The number of aryl methyl sites for hydroxylation is 1. The van der Waals surface area contributed by atoms with E-state index >= 15 is 0 Å². The van der Waals surface area contributed by atoms with Crippen LogP contribution in [0.2, 0.25) is 5.15 Å². The first-order valence-electron chi connectivity index (χ1n) is 5.82. The van der Waals surface area contributed by atoms with E-state index in [0.29, 0.717) is 17.7 Å². The fourth-order valence-electron chi connectivity index (χ4n) is 2.00. The van der Waals surface area contributed by atoms with Crippen molar-refractivity contribution in [2.75, 3.05) is 0 Å². The molecule has 2 rings (SSSR count). The number of carboxylic acids is 1. The van der Waals surface area contributed by atoms with Crippen LogP contribution in [0.5, 0.6) is 0 Å². The first-order valence-corrected chi connectivity index (χ1v) is 6.19. The van der Waals surface area contributed by atoms with Gasteiger partial charge in [0.05, 0.1) is 5.92 Å². The van der Waals surface area contributed by atoms with E-state index in [4.69, 9.17) is 16.7 Å². The van der Waals surface area contributed by atoms with Crippen molar-refractivity contribution in [3.63, 3.8) is 0 Å². The van der Waals surface area contributed by atoms with Gasteiger partial charge in [-0.3, -0.25) is 9.59 Å². The number of carbonyl (C=O) groups is 2. The minimum absolute atomic E-state index is 0.260. The number of nitrogens with zero attached hydrogens (tertiary/aromatic N) is 1. The van der Waals surface area contributed by atoms with Crippen LogP contribution in [0.15, 0.2) is 24.3 Å². The van der Waals surface area contributed by atoms with Gasteiger partial charge in [-0.1, -0.05) is 23.8 Å². The molecular weight excluding hydrogens is 268 g/mol. The van der Waals surface area contributed by atoms with Crippen LogP contribution >= 0.6 is 11.6 Å². The van der Waals surface area contributed by atoms with Gasteiger partial charge < -0.3 is 10.4 Å². The highest BCUT2D eigenvalue weighted by molar-refractivity contribution is 6.29. The summed E-state index contributed by atoms with van der Waals surface area (Å²) in [7, 11) is 0. The maximum atomic E-state index is 12.0. The van der Waals surface area contributed by atoms with Crippen LogP contribution in [0, 0.1) is 12.8 Å². The fraction of sp³-hybridized carbons (Fsp3) is 0.308. The van der Waals surface area contributed by atoms with E-state index in [0.717, 1.165) is 0 Å². The number of nitrogens with one attached hydrogen (secondary N) is 1. The van der Waals surface area contributed by atoms with E-state index in [2.05, 4.69) is 10.3 Å². The smallest absolute Gasteiger partial charge is 0.310 e. The fourth-order valence-corrected chi connectivity index (χ4v) is 2.25. The molecule has 6 heteroatoms. The molecule has 0 aromatic carbocycles. The quantitative estimate of drug-likeness (QED) is 0.654. The standard InChI is InChI=1S/C13H13ClN2O3/c1-7-4-9(6-11(14)15-7)12(17)16-10-3-2-8(5-10)13(18)19/h2-4,6,8,10H,5H2,1H3,(H,16,17)(H,18,19). The summed E-state index contributed by atoms with van der Waals surface area (Å²) >= 11 is 5.79. The van der Waals surface area contributed by atoms with Crippen LogP contribution in [0.4, 0.5) is 0 Å². The van der Waals surface area contributed by atoms with E-state index in [9.17, 15) is 9.59 Å². The van der Waals surface area contributed by atoms with Gasteiger partial charge in [0, 0.05) is 17.3 Å². The lowest BCUT2D eigenvalue weighted by Crippen LogP contribution is -2.33. The second-order valence-electron chi connectivity index (χ2n) is 4.47. The number of aliphatic carboxylic acids is 1. The Kier molecular flexibility index (Phi) is 3.85. The minimum Gasteiger partial charge on any atom is -0.481 e. The van der Waals surface area contributed by atoms with Crippen LogP contribution < -0.4 is 5.32 Å². The van der Waals surface area contributed by atoms with Crippen LogP contribution in [0.25, 0.3) is 0 Å². The van der Waals surface area contributed by atoms with Crippen molar-refractivity contribution < 1.29 is 14.7 Å². The van der Waals surface area contributed by atoms with Gasteiger partial charge in [0.25, 0.3) is 5.91 Å². The molecule has 1 aliphatic rings. The predicted molar refractivity (Wildman–Crippen MR) is 70.1 cm³/mol. The number of carbonyl (C=O) groups excluding carboxylic acids is 1. The second kappa shape index (κ2) is 5.40. The maximum absolute atomic E-state index is 12.0. The number of amides is 1. The minimum atomic E-state index is -0.879. The van der Waals surface area contributed by atoms with Crippen LogP contribution in [0.3, 0.4) is 0 Å². The van der Waals surface area contributed by atoms with Crippen molar-refractivity contribution >= 4 is 23.5 Å². The third-order valence-corrected chi connectivity index (χ3v) is 3.10. The summed E-state index contributed by atoms with van der Waals surface area (Å²) in [6.45, 7) is 1.75. The first kappa shape index (κ1) is 13.5. The molecule has 2 N–H and O–H groups in total. The molecule has 1 heterocycles. The molecule has 2 atom stereocenters. The molecule has 100 valence electrons. The summed E-state index contributed by atoms with van der Waals surface area (Å²) in [5, 5.41) is 11.9. The summed E-state index contributed by atoms with van der Waals surface area (Å²) in [6, 6.07) is 2.85. The third-order valence-electron chi connectivity index (χ3n) is 2.90. The Morgan fingerprint density at radius 1 is 1.42 bits per heavy atom. The molecule has 1 amide bonds. The maximum Gasteiger partial charge on any atom is 0.310 e. The number of pyridine rings is 1. The lowest BCUT2D eigenvalue weighted by molar-refractivity contribution is -0.140. The molecule has 0 bridgehead atoms. The van der Waals surface area contributed by atoms with Gasteiger partial charge in [0.2, 0.25) is 0 Å². The van der Waals surface area contributed by atoms with Crippen molar-refractivity contribution in [1.82, 2.24) is 10.3 Å². The number of carboxylic acid groups (broad SMARTS) is 1. The van der Waals surface area contributed by atoms with Gasteiger partial charge in [-0.25, -0.2) is 4.98 Å². The van der Waals surface area contributed by atoms with E-state index in [-0.39, 0.29) is 17.1 Å². The molecule has 1 aromatic rings. The molecule has 0 aliphatic heterocycles. The molecule has 0 saturated heterocycles. The number of aromatic nitrogens is 1. The number of rotatable bonds is 3. The van der Waals surface area contributed by atoms with E-state index in [1.807, 2.05) is 0 Å². The summed E-state index contributed by atoms with van der Waals surface area (Å²) < 4.78 is 0. The molecule has 0 radical (unpaired) electrons. The number of hydrogen-bond donors (Lipinski definition) is 2. The average Bonchev–Trinajstić information content (AvgIpc) is 2.76. The van der Waals surface area contributed by atoms with Gasteiger partial charge in [-0.05, 0) is 25.5 Å². The molecule has 19 heavy (non-hydrogen) atoms. The zero-order valence-electron chi connectivity index (χ0n) is 10.3. The molecule has 0 fully saturated rings. The Balaban J connectivity index is 2.02.